The molecule has 1 heterocycles. The first-order valence-electron chi connectivity index (χ1n) is 1.91. The lowest BCUT2D eigenvalue weighted by Gasteiger charge is -2.04. The van der Waals surface area contributed by atoms with E-state index in [1.54, 1.807) is 6.08 Å². The van der Waals surface area contributed by atoms with E-state index >= 15 is 0 Å². The van der Waals surface area contributed by atoms with Crippen LogP contribution in [0.3, 0.4) is 0 Å². The predicted molar refractivity (Wildman–Crippen MR) is 24.7 cm³/mol. The van der Waals surface area contributed by atoms with Crippen molar-refractivity contribution in [1.29, 1.82) is 0 Å². The van der Waals surface area contributed by atoms with Crippen molar-refractivity contribution in [2.24, 2.45) is 4.99 Å². The molecule has 1 aliphatic heterocycles. The number of aliphatic hydroxyl groups excluding tert-OH is 1. The Hall–Kier alpha value is -0.830. The second-order valence-electron chi connectivity index (χ2n) is 1.09. The standard InChI is InChI=1S/C4H5NO2/c6-4-5-2-1-3-7-4/h1-4,6H. The summed E-state index contributed by atoms with van der Waals surface area (Å²) < 4.78 is 4.45. The third kappa shape index (κ3) is 1.01. The van der Waals surface area contributed by atoms with Crippen molar-refractivity contribution in [3.63, 3.8) is 0 Å². The van der Waals surface area contributed by atoms with Crippen molar-refractivity contribution in [3.05, 3.63) is 12.3 Å². The summed E-state index contributed by atoms with van der Waals surface area (Å²) in [6.45, 7) is 0. The van der Waals surface area contributed by atoms with Crippen molar-refractivity contribution in [2.75, 3.05) is 0 Å². The molecule has 0 aromatic carbocycles. The average molecular weight is 99.1 g/mol. The highest BCUT2D eigenvalue weighted by molar-refractivity contribution is 5.71. The van der Waals surface area contributed by atoms with Gasteiger partial charge in [0, 0.05) is 6.21 Å². The van der Waals surface area contributed by atoms with Crippen LogP contribution in [0.4, 0.5) is 0 Å². The topological polar surface area (TPSA) is 41.8 Å². The lowest BCUT2D eigenvalue weighted by atomic mass is 10.6. The second kappa shape index (κ2) is 1.75. The van der Waals surface area contributed by atoms with Crippen LogP contribution in [0.15, 0.2) is 17.3 Å². The molecule has 1 rings (SSSR count). The summed E-state index contributed by atoms with van der Waals surface area (Å²) in [5.74, 6) is 0. The van der Waals surface area contributed by atoms with E-state index in [-0.39, 0.29) is 0 Å². The van der Waals surface area contributed by atoms with Crippen LogP contribution in [0, 0.1) is 0 Å². The number of hydrogen-bond donors (Lipinski definition) is 1. The maximum absolute atomic E-state index is 8.44. The first kappa shape index (κ1) is 4.33. The Morgan fingerprint density at radius 1 is 1.71 bits per heavy atom. The fraction of sp³-hybridized carbons (Fsp3) is 0.250. The van der Waals surface area contributed by atoms with E-state index < -0.39 is 6.41 Å². The van der Waals surface area contributed by atoms with Gasteiger partial charge in [-0.25, -0.2) is 4.99 Å². The van der Waals surface area contributed by atoms with Gasteiger partial charge in [-0.05, 0) is 6.08 Å². The van der Waals surface area contributed by atoms with Crippen molar-refractivity contribution in [1.82, 2.24) is 0 Å². The number of nitrogens with zero attached hydrogens (tertiary/aromatic N) is 1. The van der Waals surface area contributed by atoms with Crippen molar-refractivity contribution < 1.29 is 9.84 Å². The highest BCUT2D eigenvalue weighted by Gasteiger charge is 1.95. The maximum atomic E-state index is 8.44. The zero-order chi connectivity index (χ0) is 5.11. The molecule has 0 aromatic rings. The molecule has 1 unspecified atom stereocenters. The summed E-state index contributed by atoms with van der Waals surface area (Å²) in [4.78, 5) is 3.45. The maximum Gasteiger partial charge on any atom is 0.298 e. The van der Waals surface area contributed by atoms with Crippen LogP contribution >= 0.6 is 0 Å². The smallest absolute Gasteiger partial charge is 0.298 e. The van der Waals surface area contributed by atoms with Crippen molar-refractivity contribution in [3.8, 4) is 0 Å². The molecule has 7 heavy (non-hydrogen) atoms. The van der Waals surface area contributed by atoms with Crippen LogP contribution in [0.2, 0.25) is 0 Å². The molecule has 0 bridgehead atoms. The van der Waals surface area contributed by atoms with Gasteiger partial charge in [0.25, 0.3) is 6.41 Å². The Balaban J connectivity index is 2.49. The molecule has 0 aliphatic carbocycles. The van der Waals surface area contributed by atoms with Gasteiger partial charge < -0.3 is 9.84 Å². The van der Waals surface area contributed by atoms with Crippen LogP contribution in [-0.4, -0.2) is 17.7 Å². The highest BCUT2D eigenvalue weighted by atomic mass is 16.6. The van der Waals surface area contributed by atoms with E-state index in [9.17, 15) is 0 Å². The third-order valence-electron chi connectivity index (χ3n) is 0.579. The van der Waals surface area contributed by atoms with Crippen LogP contribution in [0.1, 0.15) is 0 Å². The lowest BCUT2D eigenvalue weighted by molar-refractivity contribution is -0.0442. The Kier molecular flexibility index (Phi) is 1.08. The van der Waals surface area contributed by atoms with Crippen molar-refractivity contribution in [2.45, 2.75) is 6.41 Å². The Morgan fingerprint density at radius 3 is 2.86 bits per heavy atom. The van der Waals surface area contributed by atoms with E-state index in [1.165, 1.54) is 12.5 Å². The minimum absolute atomic E-state index is 0.981. The van der Waals surface area contributed by atoms with E-state index in [1.807, 2.05) is 0 Å². The molecule has 1 atom stereocenters. The number of aliphatic imine (C=N–C) groups is 1. The van der Waals surface area contributed by atoms with E-state index in [0.717, 1.165) is 0 Å². The number of hydrogen-bond acceptors (Lipinski definition) is 3. The molecule has 3 nitrogen and oxygen atoms in total. The summed E-state index contributed by atoms with van der Waals surface area (Å²) in [7, 11) is 0. The Morgan fingerprint density at radius 2 is 2.57 bits per heavy atom. The van der Waals surface area contributed by atoms with Crippen LogP contribution in [0.5, 0.6) is 0 Å². The number of ether oxygens (including phenoxy) is 1. The molecule has 0 radical (unpaired) electrons. The first-order valence-corrected chi connectivity index (χ1v) is 1.91. The normalized spacial score (nSPS) is 27.3. The summed E-state index contributed by atoms with van der Waals surface area (Å²) in [6, 6.07) is 0. The number of allylic oxidation sites excluding steroid dienone is 1. The Labute approximate surface area is 40.9 Å². The first-order chi connectivity index (χ1) is 3.39. The summed E-state index contributed by atoms with van der Waals surface area (Å²) >= 11 is 0. The quantitative estimate of drug-likeness (QED) is 0.460. The molecule has 1 N–H and O–H groups in total. The molecule has 0 aromatic heterocycles. The van der Waals surface area contributed by atoms with Gasteiger partial charge in [-0.3, -0.25) is 0 Å². The van der Waals surface area contributed by atoms with Crippen molar-refractivity contribution >= 4 is 6.21 Å². The molecule has 0 amide bonds. The van der Waals surface area contributed by atoms with E-state index in [0.29, 0.717) is 0 Å². The third-order valence-corrected chi connectivity index (χ3v) is 0.579. The van der Waals surface area contributed by atoms with Gasteiger partial charge in [0.05, 0.1) is 6.26 Å². The average Bonchev–Trinajstić information content (AvgIpc) is 1.69. The summed E-state index contributed by atoms with van der Waals surface area (Å²) in [5.41, 5.74) is 0. The van der Waals surface area contributed by atoms with Gasteiger partial charge in [-0.15, -0.1) is 0 Å². The van der Waals surface area contributed by atoms with Gasteiger partial charge in [0.15, 0.2) is 0 Å². The van der Waals surface area contributed by atoms with Gasteiger partial charge >= 0.3 is 0 Å². The largest absolute Gasteiger partial charge is 0.453 e. The zero-order valence-electron chi connectivity index (χ0n) is 3.61. The minimum Gasteiger partial charge on any atom is -0.453 e. The van der Waals surface area contributed by atoms with Crippen LogP contribution < -0.4 is 0 Å². The fourth-order valence-corrected chi connectivity index (χ4v) is 0.309. The van der Waals surface area contributed by atoms with Gasteiger partial charge in [-0.2, -0.15) is 0 Å². The number of rotatable bonds is 0. The molecule has 0 fully saturated rings. The monoisotopic (exact) mass is 99.0 g/mol. The van der Waals surface area contributed by atoms with Crippen LogP contribution in [-0.2, 0) is 4.74 Å². The summed E-state index contributed by atoms with van der Waals surface area (Å²) in [5, 5.41) is 8.44. The predicted octanol–water partition coefficient (Wildman–Crippen LogP) is -0.123. The number of aliphatic hydroxyl groups is 1. The zero-order valence-corrected chi connectivity index (χ0v) is 3.61. The minimum atomic E-state index is -0.981. The fourth-order valence-electron chi connectivity index (χ4n) is 0.309. The van der Waals surface area contributed by atoms with Crippen LogP contribution in [0.25, 0.3) is 0 Å². The van der Waals surface area contributed by atoms with Gasteiger partial charge in [0.2, 0.25) is 0 Å². The molecule has 0 saturated heterocycles. The van der Waals surface area contributed by atoms with Gasteiger partial charge in [-0.1, -0.05) is 0 Å². The molecule has 3 heteroatoms. The Bertz CT molecular complexity index is 108. The molecule has 0 spiro atoms. The van der Waals surface area contributed by atoms with E-state index in [4.69, 9.17) is 5.11 Å². The molecule has 0 saturated carbocycles. The highest BCUT2D eigenvalue weighted by Crippen LogP contribution is 1.92. The van der Waals surface area contributed by atoms with Gasteiger partial charge in [0.1, 0.15) is 0 Å². The second-order valence-corrected chi connectivity index (χ2v) is 1.09. The summed E-state index contributed by atoms with van der Waals surface area (Å²) in [6.07, 6.45) is 3.49. The SMILES string of the molecule is OC1N=CC=CO1. The molecule has 38 valence electrons. The van der Waals surface area contributed by atoms with E-state index in [2.05, 4.69) is 9.73 Å². The molecular formula is C4H5NO2. The molecular weight excluding hydrogens is 94.0 g/mol. The molecule has 1 aliphatic rings. The lowest BCUT2D eigenvalue weighted by Crippen LogP contribution is -2.06.